The molecule has 0 bridgehead atoms. The molecule has 1 aromatic heterocycles. The molecule has 0 spiro atoms. The van der Waals surface area contributed by atoms with Gasteiger partial charge in [-0.3, -0.25) is 4.79 Å². The van der Waals surface area contributed by atoms with Crippen molar-refractivity contribution in [3.63, 3.8) is 0 Å². The van der Waals surface area contributed by atoms with Crippen LogP contribution >= 0.6 is 22.9 Å². The zero-order valence-electron chi connectivity index (χ0n) is 9.62. The van der Waals surface area contributed by atoms with Gasteiger partial charge in [0.15, 0.2) is 0 Å². The monoisotopic (exact) mass is 275 g/mol. The molecule has 0 aromatic carbocycles. The average molecular weight is 276 g/mol. The summed E-state index contributed by atoms with van der Waals surface area (Å²) >= 11 is 7.17. The number of thiophene rings is 1. The van der Waals surface area contributed by atoms with Crippen molar-refractivity contribution in [1.82, 2.24) is 5.32 Å². The van der Waals surface area contributed by atoms with E-state index in [0.717, 1.165) is 5.56 Å². The largest absolute Gasteiger partial charge is 0.480 e. The highest BCUT2D eigenvalue weighted by Gasteiger charge is 2.22. The number of carboxylic acid groups (broad SMARTS) is 1. The van der Waals surface area contributed by atoms with E-state index in [-0.39, 0.29) is 0 Å². The van der Waals surface area contributed by atoms with E-state index in [1.165, 1.54) is 11.3 Å². The minimum atomic E-state index is -1.02. The van der Waals surface area contributed by atoms with Gasteiger partial charge >= 0.3 is 5.97 Å². The van der Waals surface area contributed by atoms with Crippen LogP contribution in [0.2, 0.25) is 5.02 Å². The molecule has 0 unspecified atom stereocenters. The van der Waals surface area contributed by atoms with E-state index < -0.39 is 17.9 Å². The van der Waals surface area contributed by atoms with Crippen LogP contribution < -0.4 is 5.32 Å². The molecule has 4 nitrogen and oxygen atoms in total. The Labute approximate surface area is 109 Å². The molecule has 0 aliphatic carbocycles. The van der Waals surface area contributed by atoms with Gasteiger partial charge in [-0.1, -0.05) is 24.9 Å². The van der Waals surface area contributed by atoms with Gasteiger partial charge in [-0.15, -0.1) is 11.3 Å². The maximum Gasteiger partial charge on any atom is 0.326 e. The molecule has 94 valence electrons. The summed E-state index contributed by atoms with van der Waals surface area (Å²) in [5.41, 5.74) is 0.823. The Hall–Kier alpha value is -1.07. The summed E-state index contributed by atoms with van der Waals surface area (Å²) in [4.78, 5) is 23.1. The zero-order valence-corrected chi connectivity index (χ0v) is 11.2. The quantitative estimate of drug-likeness (QED) is 0.868. The first-order chi connectivity index (χ1) is 7.97. The van der Waals surface area contributed by atoms with Crippen LogP contribution in [0.25, 0.3) is 0 Å². The van der Waals surface area contributed by atoms with Gasteiger partial charge in [0.1, 0.15) is 10.9 Å². The highest BCUT2D eigenvalue weighted by Crippen LogP contribution is 2.27. The maximum absolute atomic E-state index is 11.8. The normalized spacial score (nSPS) is 12.2. The first-order valence-electron chi connectivity index (χ1n) is 5.24. The SMILES string of the molecule is CCC[C@@H](NC(=O)c1scc(C)c1Cl)C(=O)O. The van der Waals surface area contributed by atoms with Crippen molar-refractivity contribution in [2.24, 2.45) is 0 Å². The number of hydrogen-bond donors (Lipinski definition) is 2. The first-order valence-corrected chi connectivity index (χ1v) is 6.50. The number of carboxylic acids is 1. The first kappa shape index (κ1) is 14.0. The third-order valence-corrected chi connectivity index (χ3v) is 3.98. The van der Waals surface area contributed by atoms with Gasteiger partial charge in [-0.25, -0.2) is 4.79 Å². The predicted octanol–water partition coefficient (Wildman–Crippen LogP) is 2.69. The summed E-state index contributed by atoms with van der Waals surface area (Å²) in [7, 11) is 0. The van der Waals surface area contributed by atoms with Crippen molar-refractivity contribution < 1.29 is 14.7 Å². The fourth-order valence-corrected chi connectivity index (χ4v) is 2.53. The third-order valence-electron chi connectivity index (χ3n) is 2.29. The summed E-state index contributed by atoms with van der Waals surface area (Å²) < 4.78 is 0. The molecule has 6 heteroatoms. The Kier molecular flexibility index (Phi) is 4.96. The van der Waals surface area contributed by atoms with Crippen LogP contribution in [0.15, 0.2) is 5.38 Å². The molecule has 0 aliphatic heterocycles. The van der Waals surface area contributed by atoms with Gasteiger partial charge in [-0.05, 0) is 24.3 Å². The number of hydrogen-bond acceptors (Lipinski definition) is 3. The van der Waals surface area contributed by atoms with E-state index >= 15 is 0 Å². The molecule has 2 N–H and O–H groups in total. The minimum absolute atomic E-state index is 0.367. The number of halogens is 1. The van der Waals surface area contributed by atoms with Gasteiger partial charge in [-0.2, -0.15) is 0 Å². The third kappa shape index (κ3) is 3.44. The predicted molar refractivity (Wildman–Crippen MR) is 67.9 cm³/mol. The molecular formula is C11H14ClNO3S. The Morgan fingerprint density at radius 3 is 2.65 bits per heavy atom. The Morgan fingerprint density at radius 2 is 2.24 bits per heavy atom. The van der Waals surface area contributed by atoms with Gasteiger partial charge < -0.3 is 10.4 Å². The molecular weight excluding hydrogens is 262 g/mol. The number of carbonyl (C=O) groups excluding carboxylic acids is 1. The second-order valence-electron chi connectivity index (χ2n) is 3.71. The number of rotatable bonds is 5. The summed E-state index contributed by atoms with van der Waals surface area (Å²) in [6.45, 7) is 3.67. The molecule has 0 saturated carbocycles. The lowest BCUT2D eigenvalue weighted by Gasteiger charge is -2.12. The molecule has 1 atom stereocenters. The molecule has 1 amide bonds. The smallest absolute Gasteiger partial charge is 0.326 e. The van der Waals surface area contributed by atoms with E-state index in [9.17, 15) is 9.59 Å². The van der Waals surface area contributed by atoms with Crippen LogP contribution in [-0.2, 0) is 4.79 Å². The van der Waals surface area contributed by atoms with E-state index in [1.54, 1.807) is 12.3 Å². The van der Waals surface area contributed by atoms with Gasteiger partial charge in [0.2, 0.25) is 0 Å². The van der Waals surface area contributed by atoms with Gasteiger partial charge in [0.25, 0.3) is 5.91 Å². The van der Waals surface area contributed by atoms with Crippen LogP contribution in [0.3, 0.4) is 0 Å². The second-order valence-corrected chi connectivity index (χ2v) is 4.97. The number of nitrogens with one attached hydrogen (secondary N) is 1. The van der Waals surface area contributed by atoms with Gasteiger partial charge in [0.05, 0.1) is 5.02 Å². The maximum atomic E-state index is 11.8. The number of amides is 1. The van der Waals surface area contributed by atoms with Crippen molar-refractivity contribution in [1.29, 1.82) is 0 Å². The molecule has 1 aromatic rings. The Bertz CT molecular complexity index is 430. The lowest BCUT2D eigenvalue weighted by molar-refractivity contribution is -0.139. The fraction of sp³-hybridized carbons (Fsp3) is 0.455. The number of aliphatic carboxylic acids is 1. The topological polar surface area (TPSA) is 66.4 Å². The van der Waals surface area contributed by atoms with E-state index in [0.29, 0.717) is 22.7 Å². The van der Waals surface area contributed by atoms with Crippen LogP contribution in [0.5, 0.6) is 0 Å². The summed E-state index contributed by atoms with van der Waals surface area (Å²) in [5, 5.41) is 13.6. The summed E-state index contributed by atoms with van der Waals surface area (Å²) in [5.74, 6) is -1.45. The lowest BCUT2D eigenvalue weighted by atomic mass is 10.1. The highest BCUT2D eigenvalue weighted by atomic mass is 35.5. The zero-order chi connectivity index (χ0) is 13.0. The Balaban J connectivity index is 2.77. The fourth-order valence-electron chi connectivity index (χ4n) is 1.35. The number of aryl methyl sites for hydroxylation is 1. The van der Waals surface area contributed by atoms with E-state index in [4.69, 9.17) is 16.7 Å². The van der Waals surface area contributed by atoms with Crippen molar-refractivity contribution in [3.05, 3.63) is 20.8 Å². The highest BCUT2D eigenvalue weighted by molar-refractivity contribution is 7.13. The minimum Gasteiger partial charge on any atom is -0.480 e. The lowest BCUT2D eigenvalue weighted by Crippen LogP contribution is -2.40. The van der Waals surface area contributed by atoms with Crippen molar-refractivity contribution >= 4 is 34.8 Å². The van der Waals surface area contributed by atoms with Crippen molar-refractivity contribution in [2.45, 2.75) is 32.7 Å². The van der Waals surface area contributed by atoms with E-state index in [1.807, 2.05) is 6.92 Å². The molecule has 0 radical (unpaired) electrons. The van der Waals surface area contributed by atoms with Gasteiger partial charge in [0, 0.05) is 0 Å². The molecule has 17 heavy (non-hydrogen) atoms. The van der Waals surface area contributed by atoms with Crippen LogP contribution in [0.1, 0.15) is 35.0 Å². The van der Waals surface area contributed by atoms with Crippen LogP contribution in [-0.4, -0.2) is 23.0 Å². The standard InChI is InChI=1S/C11H14ClNO3S/c1-3-4-7(11(15)16)13-10(14)9-8(12)6(2)5-17-9/h5,7H,3-4H2,1-2H3,(H,13,14)(H,15,16)/t7-/m1/s1. The Morgan fingerprint density at radius 1 is 1.59 bits per heavy atom. The number of carbonyl (C=O) groups is 2. The van der Waals surface area contributed by atoms with Crippen LogP contribution in [0, 0.1) is 6.92 Å². The molecule has 0 aliphatic rings. The molecule has 0 saturated heterocycles. The van der Waals surface area contributed by atoms with Crippen molar-refractivity contribution in [2.75, 3.05) is 0 Å². The van der Waals surface area contributed by atoms with Crippen LogP contribution in [0.4, 0.5) is 0 Å². The average Bonchev–Trinajstić information content (AvgIpc) is 2.59. The summed E-state index contributed by atoms with van der Waals surface area (Å²) in [6, 6.07) is -0.856. The second kappa shape index (κ2) is 6.02. The molecule has 1 heterocycles. The summed E-state index contributed by atoms with van der Waals surface area (Å²) in [6.07, 6.45) is 1.09. The molecule has 1 rings (SSSR count). The molecule has 0 fully saturated rings. The van der Waals surface area contributed by atoms with E-state index in [2.05, 4.69) is 5.32 Å². The van der Waals surface area contributed by atoms with Crippen molar-refractivity contribution in [3.8, 4) is 0 Å².